The van der Waals surface area contributed by atoms with Crippen molar-refractivity contribution in [2.75, 3.05) is 7.11 Å². The van der Waals surface area contributed by atoms with Crippen LogP contribution in [0.15, 0.2) is 91.3 Å². The Morgan fingerprint density at radius 2 is 1.78 bits per heavy atom. The smallest absolute Gasteiger partial charge is 0.228 e. The van der Waals surface area contributed by atoms with Crippen molar-refractivity contribution >= 4 is 16.4 Å². The number of benzene rings is 4. The van der Waals surface area contributed by atoms with Gasteiger partial charge in [0, 0.05) is 22.4 Å². The quantitative estimate of drug-likeness (QED) is 0.293. The first-order valence-electron chi connectivity index (χ1n) is 11.9. The molecule has 0 spiro atoms. The van der Waals surface area contributed by atoms with Crippen molar-refractivity contribution in [1.29, 1.82) is 0 Å². The Morgan fingerprint density at radius 3 is 2.61 bits per heavy atom. The number of methoxy groups -OCH3 is 1. The SMILES string of the molecule is COc1ccc([C@H]2c3ccc4ccccc4c3Oc3ncn4nc(-c5cccc(C)c5)nc4c32)cc1. The number of nitrogens with zero attached hydrogens (tertiary/aromatic N) is 4. The van der Waals surface area contributed by atoms with Crippen LogP contribution in [0.4, 0.5) is 0 Å². The van der Waals surface area contributed by atoms with Crippen LogP contribution in [-0.4, -0.2) is 26.7 Å². The first-order chi connectivity index (χ1) is 17.7. The van der Waals surface area contributed by atoms with E-state index in [2.05, 4.69) is 55.5 Å². The van der Waals surface area contributed by atoms with Crippen molar-refractivity contribution < 1.29 is 9.47 Å². The van der Waals surface area contributed by atoms with E-state index in [1.165, 1.54) is 0 Å². The number of hydrogen-bond acceptors (Lipinski definition) is 5. The van der Waals surface area contributed by atoms with Crippen LogP contribution in [0.1, 0.15) is 28.2 Å². The van der Waals surface area contributed by atoms with Crippen molar-refractivity contribution in [3.8, 4) is 28.8 Å². The molecule has 0 saturated carbocycles. The molecule has 2 aromatic heterocycles. The zero-order valence-electron chi connectivity index (χ0n) is 19.8. The summed E-state index contributed by atoms with van der Waals surface area (Å²) in [7, 11) is 1.68. The van der Waals surface area contributed by atoms with E-state index in [4.69, 9.17) is 24.5 Å². The lowest BCUT2D eigenvalue weighted by molar-refractivity contribution is 0.414. The summed E-state index contributed by atoms with van der Waals surface area (Å²) in [5.74, 6) is 2.72. The van der Waals surface area contributed by atoms with Crippen molar-refractivity contribution in [3.63, 3.8) is 0 Å². The third-order valence-electron chi connectivity index (χ3n) is 6.82. The van der Waals surface area contributed by atoms with Gasteiger partial charge in [0.25, 0.3) is 0 Å². The molecule has 0 unspecified atom stereocenters. The maximum Gasteiger partial charge on any atom is 0.228 e. The van der Waals surface area contributed by atoms with Crippen LogP contribution >= 0.6 is 0 Å². The third kappa shape index (κ3) is 3.15. The fourth-order valence-electron chi connectivity index (χ4n) is 5.10. The average molecular weight is 471 g/mol. The van der Waals surface area contributed by atoms with E-state index in [1.54, 1.807) is 18.0 Å². The number of aromatic nitrogens is 4. The lowest BCUT2D eigenvalue weighted by Crippen LogP contribution is -2.15. The Morgan fingerprint density at radius 1 is 0.917 bits per heavy atom. The predicted octanol–water partition coefficient (Wildman–Crippen LogP) is 6.55. The Balaban J connectivity index is 1.50. The molecule has 1 aliphatic rings. The Labute approximate surface area is 207 Å². The van der Waals surface area contributed by atoms with Crippen LogP contribution < -0.4 is 9.47 Å². The van der Waals surface area contributed by atoms with E-state index in [-0.39, 0.29) is 5.92 Å². The second kappa shape index (κ2) is 7.92. The highest BCUT2D eigenvalue weighted by atomic mass is 16.5. The molecule has 6 heteroatoms. The van der Waals surface area contributed by atoms with E-state index < -0.39 is 0 Å². The van der Waals surface area contributed by atoms with Gasteiger partial charge in [0.15, 0.2) is 11.5 Å². The van der Waals surface area contributed by atoms with Gasteiger partial charge in [0.05, 0.1) is 12.7 Å². The number of hydrogen-bond donors (Lipinski definition) is 0. The molecule has 4 aromatic carbocycles. The lowest BCUT2D eigenvalue weighted by Gasteiger charge is -2.28. The molecule has 0 radical (unpaired) electrons. The fraction of sp³-hybridized carbons (Fsp3) is 0.100. The molecule has 36 heavy (non-hydrogen) atoms. The summed E-state index contributed by atoms with van der Waals surface area (Å²) in [6.07, 6.45) is 1.68. The van der Waals surface area contributed by atoms with Crippen LogP contribution in [0.3, 0.4) is 0 Å². The van der Waals surface area contributed by atoms with Gasteiger partial charge >= 0.3 is 0 Å². The second-order valence-electron chi connectivity index (χ2n) is 9.05. The summed E-state index contributed by atoms with van der Waals surface area (Å²) < 4.78 is 13.7. The molecule has 0 saturated heterocycles. The second-order valence-corrected chi connectivity index (χ2v) is 9.05. The summed E-state index contributed by atoms with van der Waals surface area (Å²) >= 11 is 0. The number of rotatable bonds is 3. The minimum absolute atomic E-state index is 0.134. The molecule has 1 atom stereocenters. The van der Waals surface area contributed by atoms with Gasteiger partial charge in [-0.15, -0.1) is 5.10 Å². The first kappa shape index (κ1) is 20.6. The molecule has 1 aliphatic heterocycles. The number of fused-ring (bicyclic) bond motifs is 6. The number of aryl methyl sites for hydroxylation is 1. The molecule has 7 rings (SSSR count). The highest BCUT2D eigenvalue weighted by Gasteiger charge is 2.34. The van der Waals surface area contributed by atoms with Crippen LogP contribution in [0.5, 0.6) is 17.4 Å². The zero-order valence-corrected chi connectivity index (χ0v) is 19.8. The number of ether oxygens (including phenoxy) is 2. The van der Waals surface area contributed by atoms with E-state index in [0.29, 0.717) is 11.7 Å². The van der Waals surface area contributed by atoms with Gasteiger partial charge in [-0.2, -0.15) is 0 Å². The summed E-state index contributed by atoms with van der Waals surface area (Å²) in [6, 6.07) is 28.9. The van der Waals surface area contributed by atoms with Crippen molar-refractivity contribution in [3.05, 3.63) is 114 Å². The van der Waals surface area contributed by atoms with Crippen molar-refractivity contribution in [1.82, 2.24) is 19.6 Å². The van der Waals surface area contributed by atoms with Gasteiger partial charge in [-0.25, -0.2) is 14.5 Å². The third-order valence-corrected chi connectivity index (χ3v) is 6.82. The monoisotopic (exact) mass is 470 g/mol. The lowest BCUT2D eigenvalue weighted by atomic mass is 9.83. The van der Waals surface area contributed by atoms with Gasteiger partial charge in [-0.3, -0.25) is 0 Å². The maximum absolute atomic E-state index is 6.51. The largest absolute Gasteiger partial charge is 0.497 e. The average Bonchev–Trinajstić information content (AvgIpc) is 3.37. The first-order valence-corrected chi connectivity index (χ1v) is 11.9. The van der Waals surface area contributed by atoms with E-state index in [9.17, 15) is 0 Å². The minimum Gasteiger partial charge on any atom is -0.497 e. The van der Waals surface area contributed by atoms with Crippen molar-refractivity contribution in [2.24, 2.45) is 0 Å². The zero-order chi connectivity index (χ0) is 24.2. The molecule has 0 bridgehead atoms. The molecule has 0 amide bonds. The highest BCUT2D eigenvalue weighted by molar-refractivity contribution is 5.91. The summed E-state index contributed by atoms with van der Waals surface area (Å²) in [5.41, 5.74) is 5.93. The van der Waals surface area contributed by atoms with Crippen LogP contribution in [0, 0.1) is 6.92 Å². The maximum atomic E-state index is 6.51. The van der Waals surface area contributed by atoms with Gasteiger partial charge in [0.1, 0.15) is 17.8 Å². The molecular weight excluding hydrogens is 448 g/mol. The molecule has 6 nitrogen and oxygen atoms in total. The Bertz CT molecular complexity index is 1770. The molecule has 3 heterocycles. The van der Waals surface area contributed by atoms with Crippen molar-refractivity contribution in [2.45, 2.75) is 12.8 Å². The molecular formula is C30H22N4O2. The van der Waals surface area contributed by atoms with Gasteiger partial charge in [0.2, 0.25) is 5.88 Å². The summed E-state index contributed by atoms with van der Waals surface area (Å²) in [6.45, 7) is 2.07. The normalized spacial score (nSPS) is 14.3. The molecule has 174 valence electrons. The van der Waals surface area contributed by atoms with E-state index in [0.717, 1.165) is 55.7 Å². The Kier molecular flexibility index (Phi) is 4.54. The topological polar surface area (TPSA) is 61.5 Å². The Hall–Kier alpha value is -4.71. The van der Waals surface area contributed by atoms with Crippen LogP contribution in [0.2, 0.25) is 0 Å². The van der Waals surface area contributed by atoms with Crippen LogP contribution in [-0.2, 0) is 0 Å². The van der Waals surface area contributed by atoms with Gasteiger partial charge in [-0.1, -0.05) is 72.3 Å². The summed E-state index contributed by atoms with van der Waals surface area (Å²) in [4.78, 5) is 9.69. The molecule has 0 fully saturated rings. The van der Waals surface area contributed by atoms with Gasteiger partial charge < -0.3 is 9.47 Å². The van der Waals surface area contributed by atoms with Crippen LogP contribution in [0.25, 0.3) is 27.8 Å². The highest BCUT2D eigenvalue weighted by Crippen LogP contribution is 2.50. The van der Waals surface area contributed by atoms with Gasteiger partial charge in [-0.05, 0) is 36.1 Å². The molecule has 0 aliphatic carbocycles. The molecule has 0 N–H and O–H groups in total. The van der Waals surface area contributed by atoms with E-state index in [1.807, 2.05) is 36.4 Å². The predicted molar refractivity (Wildman–Crippen MR) is 139 cm³/mol. The summed E-state index contributed by atoms with van der Waals surface area (Å²) in [5, 5.41) is 6.94. The fourth-order valence-corrected chi connectivity index (χ4v) is 5.10. The minimum atomic E-state index is -0.134. The standard InChI is InChI=1S/C30H22N4O2/c1-18-6-5-8-21(16-18)28-32-29-26-25(20-10-13-22(35-2)14-11-20)24-15-12-19-7-3-4-9-23(19)27(24)36-30(26)31-17-34(29)33-28/h3-17,25H,1-2H3/t25-/m0/s1. The molecule has 6 aromatic rings. The van der Waals surface area contributed by atoms with E-state index >= 15 is 0 Å².